The molecule has 2 atom stereocenters. The summed E-state index contributed by atoms with van der Waals surface area (Å²) in [5.41, 5.74) is 0.523. The molecule has 0 aromatic heterocycles. The Balaban J connectivity index is 1.81. The maximum Gasteiger partial charge on any atom is 0.243 e. The molecule has 0 spiro atoms. The summed E-state index contributed by atoms with van der Waals surface area (Å²) in [4.78, 5) is 24.2. The van der Waals surface area contributed by atoms with E-state index >= 15 is 0 Å². The van der Waals surface area contributed by atoms with Gasteiger partial charge >= 0.3 is 0 Å². The average Bonchev–Trinajstić information content (AvgIpc) is 2.55. The monoisotopic (exact) mass is 339 g/mol. The average molecular weight is 339 g/mol. The van der Waals surface area contributed by atoms with E-state index in [1.54, 1.807) is 18.2 Å². The fourth-order valence-corrected chi connectivity index (χ4v) is 3.53. The van der Waals surface area contributed by atoms with Gasteiger partial charge in [0.2, 0.25) is 11.8 Å². The number of nitrogens with one attached hydrogen (secondary N) is 3. The first kappa shape index (κ1) is 17.7. The minimum Gasteiger partial charge on any atom is -0.354 e. The highest BCUT2D eigenvalue weighted by Gasteiger charge is 2.32. The van der Waals surface area contributed by atoms with E-state index in [0.29, 0.717) is 24.3 Å². The molecule has 126 valence electrons. The molecule has 1 aromatic rings. The molecule has 1 saturated heterocycles. The van der Waals surface area contributed by atoms with Crippen LogP contribution in [0.3, 0.4) is 0 Å². The first-order valence-electron chi connectivity index (χ1n) is 7.69. The largest absolute Gasteiger partial charge is 0.354 e. The summed E-state index contributed by atoms with van der Waals surface area (Å²) in [7, 11) is 1.86. The van der Waals surface area contributed by atoms with Crippen molar-refractivity contribution in [2.24, 2.45) is 0 Å². The minimum atomic E-state index is -0.515. The topological polar surface area (TPSA) is 70.2 Å². The Hall–Kier alpha value is -1.60. The highest BCUT2D eigenvalue weighted by Crippen LogP contribution is 2.23. The molecular weight excluding hydrogens is 317 g/mol. The molecule has 2 amide bonds. The van der Waals surface area contributed by atoms with Gasteiger partial charge in [0.05, 0.1) is 5.25 Å². The molecular formula is C16H22FN3O2S. The van der Waals surface area contributed by atoms with Gasteiger partial charge in [0.1, 0.15) is 11.9 Å². The quantitative estimate of drug-likeness (QED) is 0.640. The van der Waals surface area contributed by atoms with Crippen LogP contribution in [0.1, 0.15) is 12.0 Å². The maximum atomic E-state index is 13.7. The van der Waals surface area contributed by atoms with Crippen molar-refractivity contribution in [3.05, 3.63) is 35.6 Å². The second kappa shape index (κ2) is 8.88. The molecule has 7 heteroatoms. The Labute approximate surface area is 139 Å². The van der Waals surface area contributed by atoms with Crippen molar-refractivity contribution in [2.45, 2.75) is 24.1 Å². The van der Waals surface area contributed by atoms with Gasteiger partial charge in [-0.25, -0.2) is 4.39 Å². The van der Waals surface area contributed by atoms with Gasteiger partial charge in [0.15, 0.2) is 0 Å². The molecule has 1 fully saturated rings. The Bertz CT molecular complexity index is 556. The standard InChI is InChI=1S/C16H22FN3O2S/c1-18-7-4-8-19-15(21)13-10-23-14(16(22)20-13)9-11-5-2-3-6-12(11)17/h2-3,5-6,13-14,18H,4,7-10H2,1H3,(H,19,21)(H,20,22). The van der Waals surface area contributed by atoms with E-state index in [1.807, 2.05) is 7.05 Å². The van der Waals surface area contributed by atoms with Crippen molar-refractivity contribution in [2.75, 3.05) is 25.9 Å². The van der Waals surface area contributed by atoms with Gasteiger partial charge in [-0.05, 0) is 38.1 Å². The van der Waals surface area contributed by atoms with Crippen LogP contribution in [0.5, 0.6) is 0 Å². The molecule has 2 unspecified atom stereocenters. The second-order valence-electron chi connectivity index (χ2n) is 5.43. The van der Waals surface area contributed by atoms with Gasteiger partial charge in [-0.3, -0.25) is 9.59 Å². The predicted octanol–water partition coefficient (Wildman–Crippen LogP) is 0.694. The smallest absolute Gasteiger partial charge is 0.243 e. The van der Waals surface area contributed by atoms with Crippen LogP contribution in [0.2, 0.25) is 0 Å². The first-order chi connectivity index (χ1) is 11.1. The number of hydrogen-bond donors (Lipinski definition) is 3. The summed E-state index contributed by atoms with van der Waals surface area (Å²) in [6.07, 6.45) is 1.17. The summed E-state index contributed by atoms with van der Waals surface area (Å²) in [5.74, 6) is -0.167. The van der Waals surface area contributed by atoms with Crippen molar-refractivity contribution >= 4 is 23.6 Å². The zero-order chi connectivity index (χ0) is 16.7. The normalized spacial score (nSPS) is 20.9. The summed E-state index contributed by atoms with van der Waals surface area (Å²) >= 11 is 1.40. The van der Waals surface area contributed by atoms with Crippen LogP contribution in [0.4, 0.5) is 4.39 Å². The van der Waals surface area contributed by atoms with E-state index in [1.165, 1.54) is 17.8 Å². The zero-order valence-electron chi connectivity index (χ0n) is 13.1. The number of halogens is 1. The van der Waals surface area contributed by atoms with Crippen molar-refractivity contribution in [3.63, 3.8) is 0 Å². The number of rotatable bonds is 7. The van der Waals surface area contributed by atoms with E-state index in [0.717, 1.165) is 13.0 Å². The van der Waals surface area contributed by atoms with E-state index in [9.17, 15) is 14.0 Å². The Morgan fingerprint density at radius 3 is 2.87 bits per heavy atom. The summed E-state index contributed by atoms with van der Waals surface area (Å²) in [5, 5.41) is 8.20. The molecule has 1 aliphatic heterocycles. The van der Waals surface area contributed by atoms with Crippen molar-refractivity contribution < 1.29 is 14.0 Å². The van der Waals surface area contributed by atoms with Crippen LogP contribution in [-0.4, -0.2) is 49.0 Å². The third-order valence-electron chi connectivity index (χ3n) is 3.66. The summed E-state index contributed by atoms with van der Waals surface area (Å²) in [6.45, 7) is 1.41. The minimum absolute atomic E-state index is 0.161. The fourth-order valence-electron chi connectivity index (χ4n) is 2.35. The van der Waals surface area contributed by atoms with Crippen LogP contribution in [0.25, 0.3) is 0 Å². The number of carbonyl (C=O) groups excluding carboxylic acids is 2. The molecule has 1 aliphatic rings. The Morgan fingerprint density at radius 2 is 2.17 bits per heavy atom. The van der Waals surface area contributed by atoms with Gasteiger partial charge in [-0.2, -0.15) is 0 Å². The Morgan fingerprint density at radius 1 is 1.39 bits per heavy atom. The molecule has 0 aliphatic carbocycles. The predicted molar refractivity (Wildman–Crippen MR) is 89.8 cm³/mol. The number of thioether (sulfide) groups is 1. The van der Waals surface area contributed by atoms with Crippen LogP contribution in [-0.2, 0) is 16.0 Å². The Kier molecular flexibility index (Phi) is 6.85. The van der Waals surface area contributed by atoms with E-state index < -0.39 is 6.04 Å². The van der Waals surface area contributed by atoms with Gasteiger partial charge in [0, 0.05) is 12.3 Å². The summed E-state index contributed by atoms with van der Waals surface area (Å²) in [6, 6.07) is 5.94. The number of hydrogen-bond acceptors (Lipinski definition) is 4. The van der Waals surface area contributed by atoms with Gasteiger partial charge < -0.3 is 16.0 Å². The van der Waals surface area contributed by atoms with Crippen molar-refractivity contribution in [3.8, 4) is 0 Å². The molecule has 1 heterocycles. The van der Waals surface area contributed by atoms with Gasteiger partial charge in [0.25, 0.3) is 0 Å². The van der Waals surface area contributed by atoms with Crippen LogP contribution < -0.4 is 16.0 Å². The van der Waals surface area contributed by atoms with Crippen molar-refractivity contribution in [1.29, 1.82) is 0 Å². The molecule has 0 bridgehead atoms. The number of amides is 2. The van der Waals surface area contributed by atoms with E-state index in [2.05, 4.69) is 16.0 Å². The van der Waals surface area contributed by atoms with Crippen LogP contribution in [0.15, 0.2) is 24.3 Å². The SMILES string of the molecule is CNCCCNC(=O)C1CSC(Cc2ccccc2F)C(=O)N1. The van der Waals surface area contributed by atoms with Crippen LogP contribution in [0, 0.1) is 5.82 Å². The maximum absolute atomic E-state index is 13.7. The number of carbonyl (C=O) groups is 2. The molecule has 2 rings (SSSR count). The third-order valence-corrected chi connectivity index (χ3v) is 4.96. The lowest BCUT2D eigenvalue weighted by Crippen LogP contribution is -2.54. The fraction of sp³-hybridized carbons (Fsp3) is 0.500. The first-order valence-corrected chi connectivity index (χ1v) is 8.74. The van der Waals surface area contributed by atoms with E-state index in [4.69, 9.17) is 0 Å². The van der Waals surface area contributed by atoms with Gasteiger partial charge in [-0.1, -0.05) is 18.2 Å². The molecule has 5 nitrogen and oxygen atoms in total. The molecule has 0 radical (unpaired) electrons. The van der Waals surface area contributed by atoms with Gasteiger partial charge in [-0.15, -0.1) is 11.8 Å². The third kappa shape index (κ3) is 5.21. The lowest BCUT2D eigenvalue weighted by atomic mass is 10.1. The number of benzene rings is 1. The molecule has 1 aromatic carbocycles. The zero-order valence-corrected chi connectivity index (χ0v) is 13.9. The highest BCUT2D eigenvalue weighted by atomic mass is 32.2. The highest BCUT2D eigenvalue weighted by molar-refractivity contribution is 8.00. The lowest BCUT2D eigenvalue weighted by Gasteiger charge is -2.28. The van der Waals surface area contributed by atoms with E-state index in [-0.39, 0.29) is 22.9 Å². The molecule has 3 N–H and O–H groups in total. The lowest BCUT2D eigenvalue weighted by molar-refractivity contribution is -0.128. The molecule has 23 heavy (non-hydrogen) atoms. The second-order valence-corrected chi connectivity index (χ2v) is 6.66. The van der Waals surface area contributed by atoms with Crippen molar-refractivity contribution in [1.82, 2.24) is 16.0 Å². The summed E-state index contributed by atoms with van der Waals surface area (Å²) < 4.78 is 13.7. The molecule has 0 saturated carbocycles. The van der Waals surface area contributed by atoms with Crippen LogP contribution >= 0.6 is 11.8 Å².